The van der Waals surface area contributed by atoms with Crippen molar-refractivity contribution in [3.63, 3.8) is 0 Å². The molecule has 1 aromatic carbocycles. The van der Waals surface area contributed by atoms with Gasteiger partial charge in [0.2, 0.25) is 0 Å². The number of rotatable bonds is 2. The molecule has 6 heteroatoms. The number of aliphatic hydroxyl groups is 1. The van der Waals surface area contributed by atoms with E-state index in [0.29, 0.717) is 12.2 Å². The predicted octanol–water partition coefficient (Wildman–Crippen LogP) is 3.87. The molecule has 3 heterocycles. The highest BCUT2D eigenvalue weighted by molar-refractivity contribution is 5.98. The second-order valence-corrected chi connectivity index (χ2v) is 12.2. The van der Waals surface area contributed by atoms with E-state index >= 15 is 0 Å². The van der Waals surface area contributed by atoms with Crippen LogP contribution < -0.4 is 0 Å². The molecule has 0 aromatic heterocycles. The molecule has 2 N–H and O–H groups in total. The Morgan fingerprint density at radius 2 is 2.00 bits per heavy atom. The number of epoxide rings is 2. The molecule has 3 aliphatic carbocycles. The highest BCUT2D eigenvalue weighted by atomic mass is 16.7. The van der Waals surface area contributed by atoms with Gasteiger partial charge in [0.1, 0.15) is 22.6 Å². The van der Waals surface area contributed by atoms with Gasteiger partial charge in [-0.25, -0.2) is 0 Å². The van der Waals surface area contributed by atoms with Crippen molar-refractivity contribution in [3.05, 3.63) is 41.0 Å². The van der Waals surface area contributed by atoms with E-state index in [4.69, 9.17) is 14.2 Å². The zero-order chi connectivity index (χ0) is 23.8. The molecule has 34 heavy (non-hydrogen) atoms. The first kappa shape index (κ1) is 21.5. The van der Waals surface area contributed by atoms with E-state index in [1.807, 2.05) is 26.0 Å². The highest BCUT2D eigenvalue weighted by Gasteiger charge is 2.76. The lowest BCUT2D eigenvalue weighted by Crippen LogP contribution is -2.56. The number of aromatic hydroxyl groups is 1. The van der Waals surface area contributed by atoms with Gasteiger partial charge in [0.05, 0.1) is 17.6 Å². The first-order chi connectivity index (χ1) is 16.0. The number of hydrogen-bond donors (Lipinski definition) is 2. The van der Waals surface area contributed by atoms with Crippen LogP contribution in [0.15, 0.2) is 24.3 Å². The van der Waals surface area contributed by atoms with Gasteiger partial charge in [-0.15, -0.1) is 0 Å². The Morgan fingerprint density at radius 3 is 2.76 bits per heavy atom. The van der Waals surface area contributed by atoms with Gasteiger partial charge in [0, 0.05) is 17.9 Å². The smallest absolute Gasteiger partial charge is 0.186 e. The van der Waals surface area contributed by atoms with E-state index in [1.54, 1.807) is 6.08 Å². The Balaban J connectivity index is 1.21. The van der Waals surface area contributed by atoms with Gasteiger partial charge in [-0.05, 0) is 81.6 Å². The highest BCUT2D eigenvalue weighted by Crippen LogP contribution is 2.69. The number of hydrogen-bond acceptors (Lipinski definition) is 6. The average molecular weight is 467 g/mol. The van der Waals surface area contributed by atoms with Crippen LogP contribution >= 0.6 is 0 Å². The topological polar surface area (TPSA) is 91.8 Å². The van der Waals surface area contributed by atoms with E-state index in [0.717, 1.165) is 36.8 Å². The largest absolute Gasteiger partial charge is 0.508 e. The van der Waals surface area contributed by atoms with Crippen molar-refractivity contribution in [3.8, 4) is 5.75 Å². The lowest BCUT2D eigenvalue weighted by atomic mass is 9.49. The molecule has 10 atom stereocenters. The van der Waals surface area contributed by atoms with Gasteiger partial charge >= 0.3 is 0 Å². The van der Waals surface area contributed by atoms with Gasteiger partial charge in [-0.1, -0.05) is 19.1 Å². The minimum Gasteiger partial charge on any atom is -0.508 e. The van der Waals surface area contributed by atoms with E-state index < -0.39 is 17.3 Å². The molecule has 0 amide bonds. The third kappa shape index (κ3) is 2.39. The molecule has 4 fully saturated rings. The van der Waals surface area contributed by atoms with Gasteiger partial charge in [-0.3, -0.25) is 4.79 Å². The number of aryl methyl sites for hydroxylation is 1. The molecule has 0 bridgehead atoms. The van der Waals surface area contributed by atoms with Crippen molar-refractivity contribution in [2.24, 2.45) is 11.3 Å². The molecule has 7 rings (SSSR count). The molecular formula is C28H34O6. The maximum Gasteiger partial charge on any atom is 0.186 e. The van der Waals surface area contributed by atoms with Crippen molar-refractivity contribution in [2.45, 2.75) is 107 Å². The Bertz CT molecular complexity index is 1140. The van der Waals surface area contributed by atoms with Crippen LogP contribution in [-0.4, -0.2) is 51.3 Å². The summed E-state index contributed by atoms with van der Waals surface area (Å²) >= 11 is 0. The molecule has 6 aliphatic rings. The summed E-state index contributed by atoms with van der Waals surface area (Å²) in [7, 11) is 0. The summed E-state index contributed by atoms with van der Waals surface area (Å²) in [5, 5.41) is 21.8. The van der Waals surface area contributed by atoms with Gasteiger partial charge in [-0.2, -0.15) is 0 Å². The molecule has 1 saturated carbocycles. The molecule has 182 valence electrons. The van der Waals surface area contributed by atoms with Crippen LogP contribution in [0.4, 0.5) is 0 Å². The number of carbonyl (C=O) groups excluding carboxylic acids is 1. The molecular weight excluding hydrogens is 432 g/mol. The van der Waals surface area contributed by atoms with Crippen LogP contribution in [-0.2, 0) is 25.4 Å². The Labute approximate surface area is 200 Å². The maximum absolute atomic E-state index is 13.2. The lowest BCUT2D eigenvalue weighted by Gasteiger charge is -2.51. The summed E-state index contributed by atoms with van der Waals surface area (Å²) in [5.41, 5.74) is 1.35. The van der Waals surface area contributed by atoms with Crippen LogP contribution in [0.1, 0.15) is 81.9 Å². The number of phenolic OH excluding ortho intramolecular Hbond substituents is 1. The van der Waals surface area contributed by atoms with Gasteiger partial charge in [0.25, 0.3) is 0 Å². The fraction of sp³-hybridized carbons (Fsp3) is 0.679. The van der Waals surface area contributed by atoms with Crippen LogP contribution in [0, 0.1) is 11.3 Å². The minimum atomic E-state index is -0.949. The van der Waals surface area contributed by atoms with E-state index in [-0.39, 0.29) is 46.9 Å². The number of allylic oxidation sites excluding steroid dienone is 1. The number of carbonyl (C=O) groups is 1. The molecule has 1 spiro atoms. The Hall–Kier alpha value is -1.73. The summed E-state index contributed by atoms with van der Waals surface area (Å²) in [4.78, 5) is 13.2. The quantitative estimate of drug-likeness (QED) is 0.643. The maximum atomic E-state index is 13.2. The molecule has 3 aliphatic heterocycles. The number of fused-ring (bicyclic) bond motifs is 5. The molecule has 3 saturated heterocycles. The van der Waals surface area contributed by atoms with Crippen molar-refractivity contribution in [1.82, 2.24) is 0 Å². The monoisotopic (exact) mass is 466 g/mol. The normalized spacial score (nSPS) is 50.9. The molecule has 0 radical (unpaired) electrons. The minimum absolute atomic E-state index is 0.00231. The van der Waals surface area contributed by atoms with E-state index in [1.165, 1.54) is 5.56 Å². The summed E-state index contributed by atoms with van der Waals surface area (Å²) < 4.78 is 18.1. The number of benzene rings is 1. The van der Waals surface area contributed by atoms with Crippen molar-refractivity contribution in [1.29, 1.82) is 0 Å². The van der Waals surface area contributed by atoms with Crippen molar-refractivity contribution >= 4 is 5.78 Å². The zero-order valence-electron chi connectivity index (χ0n) is 20.3. The standard InChI is InChI=1S/C28H34O6/c1-14(20-13-25(2)27(4,34-25)24(31)32-20)16-10-15-7-8-18-17(23(15)19(29)11-16)12-22-28(33-22)9-5-6-21(30)26(18,28)3/h5-6,10-11,14,17-18,20,22,24,29,31H,7-9,12-13H2,1-4H3/t14-,17+,18-,20+,22-,24+,25-,26-,27+,28-/m0/s1. The third-order valence-corrected chi connectivity index (χ3v) is 10.8. The van der Waals surface area contributed by atoms with Crippen molar-refractivity contribution in [2.75, 3.05) is 0 Å². The fourth-order valence-electron chi connectivity index (χ4n) is 8.30. The Morgan fingerprint density at radius 1 is 1.21 bits per heavy atom. The van der Waals surface area contributed by atoms with E-state index in [2.05, 4.69) is 19.9 Å². The van der Waals surface area contributed by atoms with Gasteiger partial charge < -0.3 is 24.4 Å². The fourth-order valence-corrected chi connectivity index (χ4v) is 8.30. The number of aliphatic hydroxyl groups excluding tert-OH is 1. The van der Waals surface area contributed by atoms with Crippen LogP contribution in [0.3, 0.4) is 0 Å². The average Bonchev–Trinajstić information content (AvgIpc) is 3.64. The van der Waals surface area contributed by atoms with Crippen LogP contribution in [0.2, 0.25) is 0 Å². The zero-order valence-corrected chi connectivity index (χ0v) is 20.3. The lowest BCUT2D eigenvalue weighted by molar-refractivity contribution is -0.187. The van der Waals surface area contributed by atoms with Crippen LogP contribution in [0.5, 0.6) is 5.75 Å². The second-order valence-electron chi connectivity index (χ2n) is 12.2. The summed E-state index contributed by atoms with van der Waals surface area (Å²) in [6, 6.07) is 4.10. The van der Waals surface area contributed by atoms with Crippen molar-refractivity contribution < 1.29 is 29.2 Å². The predicted molar refractivity (Wildman–Crippen MR) is 124 cm³/mol. The molecule has 0 unspecified atom stereocenters. The van der Waals surface area contributed by atoms with Crippen LogP contribution in [0.25, 0.3) is 0 Å². The first-order valence-electron chi connectivity index (χ1n) is 12.8. The number of ketones is 1. The molecule has 6 nitrogen and oxygen atoms in total. The Kier molecular flexibility index (Phi) is 4.01. The number of phenols is 1. The second kappa shape index (κ2) is 6.33. The summed E-state index contributed by atoms with van der Waals surface area (Å²) in [5.74, 6) is 0.801. The third-order valence-electron chi connectivity index (χ3n) is 10.8. The van der Waals surface area contributed by atoms with E-state index in [9.17, 15) is 15.0 Å². The SMILES string of the molecule is C[C@@H](c1cc(O)c2c(c1)CC[C@H]1[C@H]2C[C@@H]2O[C@@]23CC=CC(=O)[C@]13C)[C@H]1C[C@]2(C)O[C@]2(C)[C@H](O)O1. The summed E-state index contributed by atoms with van der Waals surface area (Å²) in [6.07, 6.45) is 6.82. The van der Waals surface area contributed by atoms with Gasteiger partial charge in [0.15, 0.2) is 12.1 Å². The first-order valence-corrected chi connectivity index (χ1v) is 12.8. The summed E-state index contributed by atoms with van der Waals surface area (Å²) in [6.45, 7) is 8.14. The number of ether oxygens (including phenoxy) is 3. The molecule has 1 aromatic rings.